The van der Waals surface area contributed by atoms with Crippen molar-refractivity contribution in [1.29, 1.82) is 15.8 Å². The third kappa shape index (κ3) is 17.3. The molecule has 0 bridgehead atoms. The van der Waals surface area contributed by atoms with E-state index in [9.17, 15) is 10.5 Å². The molecule has 0 spiro atoms. The minimum Gasteiger partial charge on any atom is -0.398 e. The SMILES string of the molecule is CSc1nc(Cl)c(C#N)c(Cl)n1.CSc1nc(Cl)c(C#N)c(Nc2cc(-c3ncn[nH]3)ccc2C)n1.Cc1ccc(-c2ncn[nH]2)cc1N.Cc1ccc(-c2ncn[nH]2)cc1Nc1nc(N[C@@H]2CCNC2)nc(N(C)CC(C)(C)C)c1C#N.Cl. The van der Waals surface area contributed by atoms with Gasteiger partial charge in [0.1, 0.15) is 53.9 Å². The lowest BCUT2D eigenvalue weighted by Gasteiger charge is -2.29. The van der Waals surface area contributed by atoms with Crippen LogP contribution in [0.25, 0.3) is 34.2 Å². The molecule has 0 saturated carbocycles. The third-order valence-electron chi connectivity index (χ3n) is 12.0. The Morgan fingerprint density at radius 2 is 1.10 bits per heavy atom. The van der Waals surface area contributed by atoms with Crippen molar-refractivity contribution in [2.75, 3.05) is 65.8 Å². The fraction of sp³-hybridized carbons (Fsp3) is 0.278. The van der Waals surface area contributed by atoms with Gasteiger partial charge in [-0.1, -0.05) is 115 Å². The Morgan fingerprint density at radius 1 is 0.643 bits per heavy atom. The molecule has 0 radical (unpaired) electrons. The Kier molecular flexibility index (Phi) is 23.3. The number of aromatic amines is 3. The second-order valence-corrected chi connectivity index (χ2v) is 22.1. The first-order valence-corrected chi connectivity index (χ1v) is 28.8. The van der Waals surface area contributed by atoms with Gasteiger partial charge in [-0.15, -0.1) is 12.4 Å². The quantitative estimate of drug-likeness (QED) is 0.0230. The number of thioether (sulfide) groups is 2. The summed E-state index contributed by atoms with van der Waals surface area (Å²) in [5, 5.41) is 62.7. The molecule has 0 aliphatic carbocycles. The molecule has 9 aromatic rings. The van der Waals surface area contributed by atoms with E-state index in [1.807, 2.05) is 106 Å². The van der Waals surface area contributed by atoms with Crippen molar-refractivity contribution in [3.05, 3.63) is 122 Å². The van der Waals surface area contributed by atoms with Crippen molar-refractivity contribution in [1.82, 2.24) is 80.8 Å². The van der Waals surface area contributed by atoms with Crippen molar-refractivity contribution in [2.24, 2.45) is 5.41 Å². The number of nitrogens with two attached hydrogens (primary N) is 1. The first kappa shape index (κ1) is 64.8. The minimum atomic E-state index is 0. The third-order valence-corrected chi connectivity index (χ3v) is 13.9. The fourth-order valence-corrected chi connectivity index (χ4v) is 9.45. The number of hydrogen-bond donors (Lipinski definition) is 8. The van der Waals surface area contributed by atoms with E-state index >= 15 is 0 Å². The number of nitrogens with one attached hydrogen (secondary N) is 7. The van der Waals surface area contributed by atoms with E-state index in [0.29, 0.717) is 50.9 Å². The maximum absolute atomic E-state index is 10.1. The maximum atomic E-state index is 10.1. The number of benzene rings is 3. The van der Waals surface area contributed by atoms with Gasteiger partial charge in [-0.25, -0.2) is 34.9 Å². The summed E-state index contributed by atoms with van der Waals surface area (Å²) < 4.78 is 0. The van der Waals surface area contributed by atoms with Gasteiger partial charge in [0.2, 0.25) is 5.95 Å². The van der Waals surface area contributed by atoms with Crippen LogP contribution in [-0.4, -0.2) is 121 Å². The predicted molar refractivity (Wildman–Crippen MR) is 334 cm³/mol. The Balaban J connectivity index is 0.000000195. The molecule has 7 heterocycles. The Morgan fingerprint density at radius 3 is 1.51 bits per heavy atom. The lowest BCUT2D eigenvalue weighted by atomic mass is 9.96. The number of rotatable bonds is 13. The smallest absolute Gasteiger partial charge is 0.226 e. The van der Waals surface area contributed by atoms with Crippen molar-refractivity contribution < 1.29 is 0 Å². The molecule has 6 aromatic heterocycles. The highest BCUT2D eigenvalue weighted by Gasteiger charge is 2.24. The highest BCUT2D eigenvalue weighted by molar-refractivity contribution is 7.98. The molecule has 30 heteroatoms. The molecule has 1 aliphatic rings. The van der Waals surface area contributed by atoms with Crippen molar-refractivity contribution in [3.8, 4) is 52.4 Å². The first-order chi connectivity index (χ1) is 39.8. The molecule has 1 atom stereocenters. The van der Waals surface area contributed by atoms with Gasteiger partial charge in [0.25, 0.3) is 0 Å². The summed E-state index contributed by atoms with van der Waals surface area (Å²) >= 11 is 20.0. The minimum absolute atomic E-state index is 0. The van der Waals surface area contributed by atoms with Crippen LogP contribution in [0.1, 0.15) is 60.6 Å². The van der Waals surface area contributed by atoms with E-state index in [2.05, 4.69) is 114 Å². The number of H-pyrrole nitrogens is 3. The molecule has 1 fully saturated rings. The number of nitrogen functional groups attached to an aromatic ring is 1. The predicted octanol–water partition coefficient (Wildman–Crippen LogP) is 11.2. The van der Waals surface area contributed by atoms with Crippen molar-refractivity contribution in [3.63, 3.8) is 0 Å². The summed E-state index contributed by atoms with van der Waals surface area (Å²) in [6.07, 6.45) is 9.05. The van der Waals surface area contributed by atoms with E-state index in [1.165, 1.54) is 42.5 Å². The second-order valence-electron chi connectivity index (χ2n) is 19.5. The standard InChI is InChI=1S/C24H32N10.C15H12ClN7S.C9H10N4.C6H3Cl2N3S.ClH/c1-15-6-7-16(20-27-14-28-33-20)10-19(15)30-21-18(11-25)22(34(5)13-24(2,3)4)32-23(31-21)29-17-8-9-26-12-17;1-8-3-4-9(13-18-7-19-23-13)5-11(8)20-14-10(6-17)12(16)21-15(22-14)24-2;1-6-2-3-7(4-8(6)10)9-11-5-12-13-9;1-12-6-10-4(7)3(2-9)5(8)11-6;/h6-7,10,14,17,26H,8-9,12-13H2,1-5H3,(H,27,28,33)(H2,29,30,31,32);3-5,7H,1-2H3,(H,18,19,23)(H,20,21,22);2-5H,10H2,1H3,(H,11,12,13);1H3;1H/t17-;;;;/m1..../s1. The molecule has 3 aromatic carbocycles. The molecule has 1 saturated heterocycles. The highest BCUT2D eigenvalue weighted by Crippen LogP contribution is 2.34. The number of nitrogens with zero attached hydrogens (tertiary/aromatic N) is 16. The molecule has 434 valence electrons. The summed E-state index contributed by atoms with van der Waals surface area (Å²) in [5.74, 6) is 4.03. The zero-order valence-corrected chi connectivity index (χ0v) is 51.6. The van der Waals surface area contributed by atoms with Gasteiger partial charge in [0, 0.05) is 59.9 Å². The van der Waals surface area contributed by atoms with Gasteiger partial charge < -0.3 is 31.9 Å². The highest BCUT2D eigenvalue weighted by atomic mass is 35.5. The number of aryl methyl sites for hydroxylation is 3. The average molecular weight is 1250 g/mol. The van der Waals surface area contributed by atoms with E-state index in [4.69, 9.17) is 55.8 Å². The lowest BCUT2D eigenvalue weighted by Crippen LogP contribution is -2.31. The molecule has 1 aliphatic heterocycles. The van der Waals surface area contributed by atoms with Gasteiger partial charge in [-0.2, -0.15) is 41.0 Å². The molecular formula is C54H58Cl4N24S2. The largest absolute Gasteiger partial charge is 0.398 e. The van der Waals surface area contributed by atoms with Crippen LogP contribution in [0.15, 0.2) is 83.9 Å². The summed E-state index contributed by atoms with van der Waals surface area (Å²) in [4.78, 5) is 40.0. The van der Waals surface area contributed by atoms with Gasteiger partial charge in [-0.05, 0) is 86.6 Å². The molecule has 9 N–H and O–H groups in total. The number of nitriles is 3. The number of hydrogen-bond acceptors (Lipinski definition) is 23. The molecule has 84 heavy (non-hydrogen) atoms. The van der Waals surface area contributed by atoms with Gasteiger partial charge in [-0.3, -0.25) is 15.3 Å². The topological polar surface area (TPSA) is 351 Å². The van der Waals surface area contributed by atoms with E-state index in [0.717, 1.165) is 82.3 Å². The summed E-state index contributed by atoms with van der Waals surface area (Å²) in [5.41, 5.74) is 14.7. The van der Waals surface area contributed by atoms with Crippen molar-refractivity contribution in [2.45, 2.75) is 64.3 Å². The van der Waals surface area contributed by atoms with Crippen molar-refractivity contribution >= 4 is 111 Å². The van der Waals surface area contributed by atoms with E-state index in [-0.39, 0.29) is 50.5 Å². The lowest BCUT2D eigenvalue weighted by molar-refractivity contribution is 0.417. The van der Waals surface area contributed by atoms with Gasteiger partial charge in [0.05, 0.1) is 0 Å². The Bertz CT molecular complexity index is 3750. The molecule has 0 amide bonds. The second kappa shape index (κ2) is 30.2. The normalized spacial score (nSPS) is 12.3. The molecular weight excluding hydrogens is 1190 g/mol. The monoisotopic (exact) mass is 1250 g/mol. The van der Waals surface area contributed by atoms with E-state index < -0.39 is 0 Å². The zero-order valence-electron chi connectivity index (χ0n) is 46.9. The van der Waals surface area contributed by atoms with Crippen LogP contribution in [0, 0.1) is 60.2 Å². The fourth-order valence-electron chi connectivity index (χ4n) is 7.88. The van der Waals surface area contributed by atoms with Crippen LogP contribution in [-0.2, 0) is 0 Å². The van der Waals surface area contributed by atoms with Gasteiger partial charge in [0.15, 0.2) is 60.7 Å². The average Bonchev–Trinajstić information content (AvgIpc) is 3.19. The summed E-state index contributed by atoms with van der Waals surface area (Å²) in [6, 6.07) is 24.0. The number of anilines is 7. The maximum Gasteiger partial charge on any atom is 0.226 e. The summed E-state index contributed by atoms with van der Waals surface area (Å²) in [7, 11) is 1.97. The molecule has 0 unspecified atom stereocenters. The number of halogens is 4. The van der Waals surface area contributed by atoms with Crippen LogP contribution >= 0.6 is 70.7 Å². The van der Waals surface area contributed by atoms with E-state index in [1.54, 1.807) is 6.26 Å². The number of aromatic nitrogens is 15. The molecule has 24 nitrogen and oxygen atoms in total. The molecule has 10 rings (SSSR count). The Hall–Kier alpha value is -8.39. The van der Waals surface area contributed by atoms with Crippen LogP contribution in [0.2, 0.25) is 15.5 Å². The van der Waals surface area contributed by atoms with Crippen LogP contribution < -0.4 is 31.9 Å². The first-order valence-electron chi connectivity index (χ1n) is 25.2. The van der Waals surface area contributed by atoms with Crippen LogP contribution in [0.4, 0.5) is 40.5 Å². The van der Waals surface area contributed by atoms with Crippen LogP contribution in [0.5, 0.6) is 0 Å². The Labute approximate surface area is 514 Å². The zero-order chi connectivity index (χ0) is 59.8. The van der Waals surface area contributed by atoms with Crippen LogP contribution in [0.3, 0.4) is 0 Å². The summed E-state index contributed by atoms with van der Waals surface area (Å²) in [6.45, 7) is 15.0. The van der Waals surface area contributed by atoms with Gasteiger partial charge >= 0.3 is 0 Å².